The van der Waals surface area contributed by atoms with Crippen molar-refractivity contribution in [3.05, 3.63) is 12.2 Å². The van der Waals surface area contributed by atoms with Crippen molar-refractivity contribution in [2.75, 3.05) is 13.2 Å². The van der Waals surface area contributed by atoms with Gasteiger partial charge in [-0.15, -0.1) is 0 Å². The minimum Gasteiger partial charge on any atom is -0.465 e. The van der Waals surface area contributed by atoms with E-state index in [1.807, 2.05) is 0 Å². The summed E-state index contributed by atoms with van der Waals surface area (Å²) < 4.78 is 4.93. The number of carbonyl (C=O) groups excluding carboxylic acids is 2. The summed E-state index contributed by atoms with van der Waals surface area (Å²) in [5.41, 5.74) is 0.481. The van der Waals surface area contributed by atoms with Gasteiger partial charge in [-0.2, -0.15) is 0 Å². The molecule has 4 heteroatoms. The second-order valence-corrected chi connectivity index (χ2v) is 3.71. The Balaban J connectivity index is 3.44. The molecule has 1 amide bonds. The summed E-state index contributed by atoms with van der Waals surface area (Å²) in [4.78, 5) is 22.1. The molecule has 0 saturated heterocycles. The van der Waals surface area contributed by atoms with E-state index in [4.69, 9.17) is 4.74 Å². The summed E-state index contributed by atoms with van der Waals surface area (Å²) in [6.07, 6.45) is 0.623. The zero-order valence-corrected chi connectivity index (χ0v) is 9.63. The third-order valence-electron chi connectivity index (χ3n) is 1.71. The summed E-state index contributed by atoms with van der Waals surface area (Å²) in [6.45, 7) is 9.56. The predicted molar refractivity (Wildman–Crippen MR) is 58.2 cm³/mol. The highest BCUT2D eigenvalue weighted by molar-refractivity contribution is 5.91. The van der Waals surface area contributed by atoms with Gasteiger partial charge in [-0.3, -0.25) is 9.59 Å². The van der Waals surface area contributed by atoms with Gasteiger partial charge in [0.25, 0.3) is 0 Å². The molecule has 0 aliphatic heterocycles. The molecule has 0 aromatic rings. The van der Waals surface area contributed by atoms with Crippen LogP contribution in [-0.4, -0.2) is 25.0 Å². The van der Waals surface area contributed by atoms with Crippen LogP contribution in [0.5, 0.6) is 0 Å². The van der Waals surface area contributed by atoms with Gasteiger partial charge in [-0.25, -0.2) is 0 Å². The minimum atomic E-state index is -0.207. The van der Waals surface area contributed by atoms with Crippen LogP contribution in [-0.2, 0) is 14.3 Å². The fraction of sp³-hybridized carbons (Fsp3) is 0.636. The summed E-state index contributed by atoms with van der Waals surface area (Å²) in [5.74, 6) is -0.471. The zero-order valence-electron chi connectivity index (χ0n) is 9.63. The molecule has 0 heterocycles. The first-order valence-electron chi connectivity index (χ1n) is 5.05. The van der Waals surface area contributed by atoms with Crippen molar-refractivity contribution in [3.8, 4) is 0 Å². The summed E-state index contributed by atoms with van der Waals surface area (Å²) in [5, 5.41) is 2.66. The van der Waals surface area contributed by atoms with Crippen molar-refractivity contribution in [2.45, 2.75) is 27.2 Å². The van der Waals surface area contributed by atoms with Crippen molar-refractivity contribution >= 4 is 11.9 Å². The molecule has 4 nitrogen and oxygen atoms in total. The minimum absolute atomic E-state index is 0.102. The van der Waals surface area contributed by atoms with E-state index in [-0.39, 0.29) is 17.8 Å². The first kappa shape index (κ1) is 13.7. The smallest absolute Gasteiger partial charge is 0.308 e. The fourth-order valence-corrected chi connectivity index (χ4v) is 0.764. The molecule has 1 N–H and O–H groups in total. The Morgan fingerprint density at radius 2 is 2.00 bits per heavy atom. The normalized spacial score (nSPS) is 9.87. The third kappa shape index (κ3) is 6.71. The number of nitrogens with one attached hydrogen (secondary N) is 1. The van der Waals surface area contributed by atoms with E-state index in [9.17, 15) is 9.59 Å². The lowest BCUT2D eigenvalue weighted by Gasteiger charge is -2.07. The largest absolute Gasteiger partial charge is 0.465 e. The average Bonchev–Trinajstić information content (AvgIpc) is 2.16. The van der Waals surface area contributed by atoms with Crippen molar-refractivity contribution in [2.24, 2.45) is 5.92 Å². The van der Waals surface area contributed by atoms with Gasteiger partial charge in [0, 0.05) is 12.1 Å². The highest BCUT2D eigenvalue weighted by Crippen LogP contribution is 1.96. The second-order valence-electron chi connectivity index (χ2n) is 3.71. The average molecular weight is 213 g/mol. The molecule has 0 fully saturated rings. The number of ether oxygens (including phenoxy) is 1. The molecule has 0 aromatic carbocycles. The Morgan fingerprint density at radius 1 is 1.40 bits per heavy atom. The summed E-state index contributed by atoms with van der Waals surface area (Å²) in [6, 6.07) is 0. The summed E-state index contributed by atoms with van der Waals surface area (Å²) in [7, 11) is 0. The molecule has 0 radical (unpaired) electrons. The van der Waals surface area contributed by atoms with Gasteiger partial charge in [-0.1, -0.05) is 20.4 Å². The number of carbonyl (C=O) groups is 2. The van der Waals surface area contributed by atoms with E-state index >= 15 is 0 Å². The van der Waals surface area contributed by atoms with Crippen molar-refractivity contribution in [3.63, 3.8) is 0 Å². The Labute approximate surface area is 90.7 Å². The van der Waals surface area contributed by atoms with Gasteiger partial charge in [0.1, 0.15) is 0 Å². The van der Waals surface area contributed by atoms with Gasteiger partial charge in [0.15, 0.2) is 0 Å². The maximum absolute atomic E-state index is 11.0. The Morgan fingerprint density at radius 3 is 2.47 bits per heavy atom. The molecular weight excluding hydrogens is 194 g/mol. The maximum Gasteiger partial charge on any atom is 0.308 e. The van der Waals surface area contributed by atoms with Crippen LogP contribution in [0.4, 0.5) is 0 Å². The lowest BCUT2D eigenvalue weighted by Crippen LogP contribution is -2.26. The van der Waals surface area contributed by atoms with Gasteiger partial charge < -0.3 is 10.1 Å². The molecule has 0 saturated carbocycles. The van der Waals surface area contributed by atoms with Crippen LogP contribution in [0.1, 0.15) is 27.2 Å². The Bertz CT molecular complexity index is 246. The van der Waals surface area contributed by atoms with Crippen LogP contribution in [0.25, 0.3) is 0 Å². The lowest BCUT2D eigenvalue weighted by atomic mass is 10.2. The van der Waals surface area contributed by atoms with E-state index < -0.39 is 0 Å². The quantitative estimate of drug-likeness (QED) is 0.410. The van der Waals surface area contributed by atoms with E-state index in [1.54, 1.807) is 20.8 Å². The standard InChI is InChI=1S/C11H19NO3/c1-8(2)10(13)12-6-5-7-15-11(14)9(3)4/h9H,1,5-7H2,2-4H3,(H,12,13). The topological polar surface area (TPSA) is 55.4 Å². The number of hydrogen-bond acceptors (Lipinski definition) is 3. The van der Waals surface area contributed by atoms with Crippen LogP contribution >= 0.6 is 0 Å². The molecule has 0 aliphatic carbocycles. The monoisotopic (exact) mass is 213 g/mol. The van der Waals surface area contributed by atoms with Crippen LogP contribution in [0.2, 0.25) is 0 Å². The first-order valence-corrected chi connectivity index (χ1v) is 5.05. The van der Waals surface area contributed by atoms with E-state index in [0.717, 1.165) is 0 Å². The predicted octanol–water partition coefficient (Wildman–Crippen LogP) is 1.27. The Kier molecular flexibility index (Phi) is 6.42. The van der Waals surface area contributed by atoms with Gasteiger partial charge >= 0.3 is 5.97 Å². The first-order chi connectivity index (χ1) is 6.95. The highest BCUT2D eigenvalue weighted by Gasteiger charge is 2.07. The van der Waals surface area contributed by atoms with Crippen LogP contribution in [0.15, 0.2) is 12.2 Å². The highest BCUT2D eigenvalue weighted by atomic mass is 16.5. The molecular formula is C11H19NO3. The molecule has 0 aliphatic rings. The zero-order chi connectivity index (χ0) is 11.8. The summed E-state index contributed by atoms with van der Waals surface area (Å²) >= 11 is 0. The van der Waals surface area contributed by atoms with Crippen molar-refractivity contribution in [1.29, 1.82) is 0 Å². The number of amides is 1. The van der Waals surface area contributed by atoms with Gasteiger partial charge in [-0.05, 0) is 13.3 Å². The molecule has 15 heavy (non-hydrogen) atoms. The Hall–Kier alpha value is -1.32. The van der Waals surface area contributed by atoms with Gasteiger partial charge in [0.05, 0.1) is 12.5 Å². The molecule has 0 unspecified atom stereocenters. The van der Waals surface area contributed by atoms with E-state index in [1.165, 1.54) is 0 Å². The van der Waals surface area contributed by atoms with E-state index in [0.29, 0.717) is 25.1 Å². The van der Waals surface area contributed by atoms with Crippen molar-refractivity contribution in [1.82, 2.24) is 5.32 Å². The molecule has 86 valence electrons. The fourth-order valence-electron chi connectivity index (χ4n) is 0.764. The molecule has 0 bridgehead atoms. The van der Waals surface area contributed by atoms with Crippen LogP contribution < -0.4 is 5.32 Å². The van der Waals surface area contributed by atoms with E-state index in [2.05, 4.69) is 11.9 Å². The second kappa shape index (κ2) is 7.04. The van der Waals surface area contributed by atoms with Crippen molar-refractivity contribution < 1.29 is 14.3 Å². The maximum atomic E-state index is 11.0. The van der Waals surface area contributed by atoms with Crippen LogP contribution in [0, 0.1) is 5.92 Å². The number of rotatable bonds is 6. The SMILES string of the molecule is C=C(C)C(=O)NCCCOC(=O)C(C)C. The lowest BCUT2D eigenvalue weighted by molar-refractivity contribution is -0.147. The molecule has 0 spiro atoms. The third-order valence-corrected chi connectivity index (χ3v) is 1.71. The van der Waals surface area contributed by atoms with Gasteiger partial charge in [0.2, 0.25) is 5.91 Å². The number of hydrogen-bond donors (Lipinski definition) is 1. The molecule has 0 aromatic heterocycles. The molecule has 0 rings (SSSR count). The van der Waals surface area contributed by atoms with Crippen LogP contribution in [0.3, 0.4) is 0 Å². The molecule has 0 atom stereocenters. The number of esters is 1.